The van der Waals surface area contributed by atoms with E-state index in [0.717, 1.165) is 36.6 Å². The van der Waals surface area contributed by atoms with Crippen molar-refractivity contribution < 1.29 is 4.79 Å². The molecule has 1 atom stereocenters. The second-order valence-corrected chi connectivity index (χ2v) is 7.81. The van der Waals surface area contributed by atoms with Gasteiger partial charge in [0.2, 0.25) is 0 Å². The van der Waals surface area contributed by atoms with Gasteiger partial charge in [-0.05, 0) is 48.4 Å². The maximum Gasteiger partial charge on any atom is 0.251 e. The van der Waals surface area contributed by atoms with Gasteiger partial charge in [-0.15, -0.1) is 0 Å². The second-order valence-electron chi connectivity index (χ2n) is 7.81. The summed E-state index contributed by atoms with van der Waals surface area (Å²) < 4.78 is 0. The number of nitrogens with one attached hydrogen (secondary N) is 1. The van der Waals surface area contributed by atoms with Gasteiger partial charge in [0.25, 0.3) is 5.91 Å². The summed E-state index contributed by atoms with van der Waals surface area (Å²) >= 11 is 0. The van der Waals surface area contributed by atoms with E-state index in [2.05, 4.69) is 22.3 Å². The first kappa shape index (κ1) is 17.3. The van der Waals surface area contributed by atoms with Crippen molar-refractivity contribution in [3.63, 3.8) is 0 Å². The van der Waals surface area contributed by atoms with Gasteiger partial charge in [-0.25, -0.2) is 0 Å². The Morgan fingerprint density at radius 2 is 1.62 bits per heavy atom. The van der Waals surface area contributed by atoms with Crippen LogP contribution in [0, 0.1) is 5.92 Å². The smallest absolute Gasteiger partial charge is 0.251 e. The fraction of sp³-hybridized carbons (Fsp3) is 0.435. The van der Waals surface area contributed by atoms with Crippen molar-refractivity contribution in [3.8, 4) is 11.1 Å². The molecule has 1 unspecified atom stereocenters. The summed E-state index contributed by atoms with van der Waals surface area (Å²) in [6.07, 6.45) is 6.65. The lowest BCUT2D eigenvalue weighted by molar-refractivity contribution is 0.0937. The van der Waals surface area contributed by atoms with Gasteiger partial charge < -0.3 is 10.2 Å². The summed E-state index contributed by atoms with van der Waals surface area (Å²) in [6, 6.07) is 18.5. The number of benzene rings is 2. The molecule has 1 amide bonds. The number of rotatable bonds is 5. The molecule has 0 bridgehead atoms. The first-order chi connectivity index (χ1) is 12.8. The van der Waals surface area contributed by atoms with Crippen molar-refractivity contribution in [2.45, 2.75) is 38.1 Å². The molecule has 136 valence electrons. The molecule has 2 aromatic carbocycles. The number of hydrogen-bond donors (Lipinski definition) is 1. The second kappa shape index (κ2) is 8.05. The van der Waals surface area contributed by atoms with Gasteiger partial charge in [0, 0.05) is 31.2 Å². The number of carbonyl (C=O) groups excluding carboxylic acids is 1. The molecule has 0 radical (unpaired) electrons. The molecule has 1 saturated carbocycles. The lowest BCUT2D eigenvalue weighted by atomic mass is 10.0. The third-order valence-corrected chi connectivity index (χ3v) is 5.85. The molecule has 3 heteroatoms. The highest BCUT2D eigenvalue weighted by atomic mass is 16.1. The molecule has 1 saturated heterocycles. The molecule has 2 fully saturated rings. The first-order valence-electron chi connectivity index (χ1n) is 9.96. The Bertz CT molecular complexity index is 720. The number of likely N-dealkylation sites (tertiary alicyclic amines) is 1. The van der Waals surface area contributed by atoms with Crippen LogP contribution in [0.4, 0.5) is 0 Å². The zero-order valence-electron chi connectivity index (χ0n) is 15.4. The molecule has 1 aliphatic heterocycles. The van der Waals surface area contributed by atoms with Crippen LogP contribution in [0.25, 0.3) is 11.1 Å². The molecule has 0 spiro atoms. The van der Waals surface area contributed by atoms with Gasteiger partial charge in [0.15, 0.2) is 0 Å². The van der Waals surface area contributed by atoms with Crippen molar-refractivity contribution in [2.75, 3.05) is 19.6 Å². The lowest BCUT2D eigenvalue weighted by Crippen LogP contribution is -2.37. The SMILES string of the molecule is O=C(NC1CCN(CC2CCCC2)C1)c1ccc(-c2ccccc2)cc1. The van der Waals surface area contributed by atoms with Crippen LogP contribution in [0.1, 0.15) is 42.5 Å². The zero-order chi connectivity index (χ0) is 17.8. The van der Waals surface area contributed by atoms with Crippen molar-refractivity contribution >= 4 is 5.91 Å². The van der Waals surface area contributed by atoms with E-state index in [9.17, 15) is 4.79 Å². The van der Waals surface area contributed by atoms with Gasteiger partial charge >= 0.3 is 0 Å². The molecular weight excluding hydrogens is 320 g/mol. The Hall–Kier alpha value is -2.13. The quantitative estimate of drug-likeness (QED) is 0.871. The molecule has 2 aliphatic rings. The van der Waals surface area contributed by atoms with Crippen LogP contribution in [0.2, 0.25) is 0 Å². The highest BCUT2D eigenvalue weighted by molar-refractivity contribution is 5.94. The molecule has 2 aromatic rings. The van der Waals surface area contributed by atoms with Crippen LogP contribution in [-0.2, 0) is 0 Å². The Morgan fingerprint density at radius 1 is 0.923 bits per heavy atom. The zero-order valence-corrected chi connectivity index (χ0v) is 15.4. The number of nitrogens with zero attached hydrogens (tertiary/aromatic N) is 1. The summed E-state index contributed by atoms with van der Waals surface area (Å²) in [7, 11) is 0. The first-order valence-corrected chi connectivity index (χ1v) is 9.96. The van der Waals surface area contributed by atoms with E-state index in [-0.39, 0.29) is 11.9 Å². The van der Waals surface area contributed by atoms with Crippen molar-refractivity contribution in [1.82, 2.24) is 10.2 Å². The van der Waals surface area contributed by atoms with E-state index in [1.54, 1.807) is 0 Å². The standard InChI is InChI=1S/C23H28N2O/c26-23(21-12-10-20(11-13-21)19-8-2-1-3-9-19)24-22-14-15-25(17-22)16-18-6-4-5-7-18/h1-3,8-13,18,22H,4-7,14-17H2,(H,24,26). The Balaban J connectivity index is 1.31. The lowest BCUT2D eigenvalue weighted by Gasteiger charge is -2.20. The molecule has 0 aromatic heterocycles. The van der Waals surface area contributed by atoms with Gasteiger partial charge in [-0.2, -0.15) is 0 Å². The van der Waals surface area contributed by atoms with E-state index in [1.165, 1.54) is 37.8 Å². The van der Waals surface area contributed by atoms with E-state index in [4.69, 9.17) is 0 Å². The minimum absolute atomic E-state index is 0.0531. The molecule has 4 rings (SSSR count). The van der Waals surface area contributed by atoms with E-state index in [0.29, 0.717) is 0 Å². The number of carbonyl (C=O) groups is 1. The fourth-order valence-corrected chi connectivity index (χ4v) is 4.39. The molecule has 3 nitrogen and oxygen atoms in total. The Morgan fingerprint density at radius 3 is 2.35 bits per heavy atom. The molecule has 1 N–H and O–H groups in total. The van der Waals surface area contributed by atoms with Crippen molar-refractivity contribution in [1.29, 1.82) is 0 Å². The highest BCUT2D eigenvalue weighted by Gasteiger charge is 2.27. The predicted molar refractivity (Wildman–Crippen MR) is 106 cm³/mol. The number of hydrogen-bond acceptors (Lipinski definition) is 2. The van der Waals surface area contributed by atoms with Crippen molar-refractivity contribution in [2.24, 2.45) is 5.92 Å². The van der Waals surface area contributed by atoms with Crippen LogP contribution in [0.15, 0.2) is 54.6 Å². The van der Waals surface area contributed by atoms with Gasteiger partial charge in [-0.1, -0.05) is 55.3 Å². The van der Waals surface area contributed by atoms with Crippen molar-refractivity contribution in [3.05, 3.63) is 60.2 Å². The molecule has 1 heterocycles. The van der Waals surface area contributed by atoms with E-state index in [1.807, 2.05) is 42.5 Å². The van der Waals surface area contributed by atoms with Crippen LogP contribution >= 0.6 is 0 Å². The van der Waals surface area contributed by atoms with Crippen LogP contribution in [0.3, 0.4) is 0 Å². The summed E-state index contributed by atoms with van der Waals surface area (Å²) in [5, 5.41) is 3.23. The van der Waals surface area contributed by atoms with Crippen LogP contribution in [0.5, 0.6) is 0 Å². The largest absolute Gasteiger partial charge is 0.348 e. The van der Waals surface area contributed by atoms with E-state index < -0.39 is 0 Å². The highest BCUT2D eigenvalue weighted by Crippen LogP contribution is 2.26. The maximum absolute atomic E-state index is 12.6. The third-order valence-electron chi connectivity index (χ3n) is 5.85. The van der Waals surface area contributed by atoms with Gasteiger partial charge in [-0.3, -0.25) is 4.79 Å². The molecule has 1 aliphatic carbocycles. The van der Waals surface area contributed by atoms with Crippen LogP contribution in [-0.4, -0.2) is 36.5 Å². The fourth-order valence-electron chi connectivity index (χ4n) is 4.39. The van der Waals surface area contributed by atoms with E-state index >= 15 is 0 Å². The average Bonchev–Trinajstić information content (AvgIpc) is 3.35. The minimum atomic E-state index is 0.0531. The summed E-state index contributed by atoms with van der Waals surface area (Å²) in [5.41, 5.74) is 3.07. The van der Waals surface area contributed by atoms with Crippen LogP contribution < -0.4 is 5.32 Å². The summed E-state index contributed by atoms with van der Waals surface area (Å²) in [5.74, 6) is 0.937. The molecular formula is C23H28N2O. The maximum atomic E-state index is 12.6. The van der Waals surface area contributed by atoms with Gasteiger partial charge in [0.05, 0.1) is 0 Å². The minimum Gasteiger partial charge on any atom is -0.348 e. The Labute approximate surface area is 156 Å². The predicted octanol–water partition coefficient (Wildman–Crippen LogP) is 4.35. The summed E-state index contributed by atoms with van der Waals surface area (Å²) in [4.78, 5) is 15.1. The average molecular weight is 348 g/mol. The normalized spacial score (nSPS) is 21.2. The Kier molecular flexibility index (Phi) is 5.35. The van der Waals surface area contributed by atoms with Gasteiger partial charge in [0.1, 0.15) is 0 Å². The molecule has 26 heavy (non-hydrogen) atoms. The monoisotopic (exact) mass is 348 g/mol. The number of amides is 1. The third kappa shape index (κ3) is 4.16. The summed E-state index contributed by atoms with van der Waals surface area (Å²) in [6.45, 7) is 3.34. The topological polar surface area (TPSA) is 32.3 Å².